The van der Waals surface area contributed by atoms with Crippen LogP contribution in [0.2, 0.25) is 0 Å². The summed E-state index contributed by atoms with van der Waals surface area (Å²) < 4.78 is 24.4. The lowest BCUT2D eigenvalue weighted by molar-refractivity contribution is -0.384. The Morgan fingerprint density at radius 2 is 1.64 bits per heavy atom. The van der Waals surface area contributed by atoms with Gasteiger partial charge >= 0.3 is 0 Å². The first-order valence-electron chi connectivity index (χ1n) is 6.50. The second kappa shape index (κ2) is 6.89. The molecule has 22 heavy (non-hydrogen) atoms. The van der Waals surface area contributed by atoms with Gasteiger partial charge in [-0.1, -0.05) is 42.5 Å². The number of alkyl halides is 1. The van der Waals surface area contributed by atoms with Crippen molar-refractivity contribution < 1.29 is 13.3 Å². The van der Waals surface area contributed by atoms with Gasteiger partial charge in [-0.2, -0.15) is 0 Å². The molecule has 2 rings (SSSR count). The molecule has 0 aromatic heterocycles. The summed E-state index contributed by atoms with van der Waals surface area (Å²) in [7, 11) is -3.42. The van der Waals surface area contributed by atoms with E-state index in [0.717, 1.165) is 5.56 Å². The van der Waals surface area contributed by atoms with Crippen LogP contribution in [0.4, 0.5) is 5.69 Å². The highest BCUT2D eigenvalue weighted by molar-refractivity contribution is 7.90. The lowest BCUT2D eigenvalue weighted by atomic mass is 10.2. The van der Waals surface area contributed by atoms with E-state index in [0.29, 0.717) is 5.56 Å². The van der Waals surface area contributed by atoms with Crippen LogP contribution in [-0.4, -0.2) is 19.1 Å². The molecule has 0 N–H and O–H groups in total. The van der Waals surface area contributed by atoms with Crippen LogP contribution in [0.3, 0.4) is 0 Å². The van der Waals surface area contributed by atoms with Crippen LogP contribution in [0.15, 0.2) is 54.6 Å². The van der Waals surface area contributed by atoms with Crippen molar-refractivity contribution in [2.45, 2.75) is 11.1 Å². The van der Waals surface area contributed by atoms with Crippen molar-refractivity contribution >= 4 is 27.1 Å². The first kappa shape index (κ1) is 16.5. The molecule has 0 amide bonds. The Labute approximate surface area is 133 Å². The highest BCUT2D eigenvalue weighted by Gasteiger charge is 2.19. The van der Waals surface area contributed by atoms with Crippen molar-refractivity contribution in [1.29, 1.82) is 0 Å². The fourth-order valence-electron chi connectivity index (χ4n) is 2.01. The van der Waals surface area contributed by atoms with E-state index >= 15 is 0 Å². The van der Waals surface area contributed by atoms with Gasteiger partial charge in [0.1, 0.15) is 0 Å². The molecular weight excluding hydrogens is 326 g/mol. The molecule has 0 saturated carbocycles. The summed E-state index contributed by atoms with van der Waals surface area (Å²) in [6.07, 6.45) is 0. The Bertz CT molecular complexity index is 745. The van der Waals surface area contributed by atoms with E-state index in [9.17, 15) is 18.5 Å². The fraction of sp³-hybridized carbons (Fsp3) is 0.200. The van der Waals surface area contributed by atoms with Gasteiger partial charge in [0.15, 0.2) is 9.84 Å². The van der Waals surface area contributed by atoms with Gasteiger partial charge in [0.25, 0.3) is 5.69 Å². The highest BCUT2D eigenvalue weighted by Crippen LogP contribution is 2.24. The Kier molecular flexibility index (Phi) is 5.15. The minimum atomic E-state index is -3.42. The number of hydrogen-bond donors (Lipinski definition) is 0. The van der Waals surface area contributed by atoms with Gasteiger partial charge in [-0.05, 0) is 11.1 Å². The molecule has 7 heteroatoms. The van der Waals surface area contributed by atoms with Crippen LogP contribution in [0.1, 0.15) is 16.5 Å². The molecule has 5 nitrogen and oxygen atoms in total. The summed E-state index contributed by atoms with van der Waals surface area (Å²) in [5, 5.41) is 9.95. The number of halogens is 1. The molecular formula is C15H14ClNO4S. The maximum atomic E-state index is 12.2. The SMILES string of the molecule is O=[N+]([O-])c1ccc(CS(=O)(=O)CC(Cl)c2ccccc2)cc1. The Hall–Kier alpha value is -1.92. The Morgan fingerprint density at radius 1 is 1.05 bits per heavy atom. The smallest absolute Gasteiger partial charge is 0.258 e. The summed E-state index contributed by atoms with van der Waals surface area (Å²) in [6.45, 7) is 0. The van der Waals surface area contributed by atoms with Gasteiger partial charge in [0, 0.05) is 12.1 Å². The standard InChI is InChI=1S/C15H14ClNO4S/c16-15(13-4-2-1-3-5-13)11-22(20,21)10-12-6-8-14(9-7-12)17(18)19/h1-9,15H,10-11H2. The van der Waals surface area contributed by atoms with E-state index in [4.69, 9.17) is 11.6 Å². The van der Waals surface area contributed by atoms with Gasteiger partial charge < -0.3 is 0 Å². The predicted octanol–water partition coefficient (Wildman–Crippen LogP) is 3.49. The normalized spacial score (nSPS) is 12.8. The first-order chi connectivity index (χ1) is 10.4. The molecule has 0 aliphatic heterocycles. The predicted molar refractivity (Wildman–Crippen MR) is 85.6 cm³/mol. The number of sulfone groups is 1. The Morgan fingerprint density at radius 3 is 2.18 bits per heavy atom. The molecule has 0 spiro atoms. The lowest BCUT2D eigenvalue weighted by Crippen LogP contribution is -2.13. The van der Waals surface area contributed by atoms with Crippen LogP contribution in [-0.2, 0) is 15.6 Å². The molecule has 116 valence electrons. The molecule has 0 saturated heterocycles. The highest BCUT2D eigenvalue weighted by atomic mass is 35.5. The third-order valence-corrected chi connectivity index (χ3v) is 5.30. The number of nitro groups is 1. The summed E-state index contributed by atoms with van der Waals surface area (Å²) in [5.41, 5.74) is 1.18. The number of rotatable bonds is 6. The quantitative estimate of drug-likeness (QED) is 0.458. The lowest BCUT2D eigenvalue weighted by Gasteiger charge is -2.10. The second-order valence-corrected chi connectivity index (χ2v) is 7.49. The van der Waals surface area contributed by atoms with E-state index < -0.39 is 20.1 Å². The zero-order valence-corrected chi connectivity index (χ0v) is 13.1. The fourth-order valence-corrected chi connectivity index (χ4v) is 4.19. The molecule has 1 unspecified atom stereocenters. The zero-order valence-electron chi connectivity index (χ0n) is 11.6. The number of hydrogen-bond acceptors (Lipinski definition) is 4. The molecule has 0 bridgehead atoms. The number of nitrogens with zero attached hydrogens (tertiary/aromatic N) is 1. The zero-order chi connectivity index (χ0) is 16.2. The van der Waals surface area contributed by atoms with Gasteiger partial charge in [0.05, 0.1) is 21.8 Å². The monoisotopic (exact) mass is 339 g/mol. The average molecular weight is 340 g/mol. The molecule has 0 fully saturated rings. The van der Waals surface area contributed by atoms with Crippen molar-refractivity contribution in [3.63, 3.8) is 0 Å². The topological polar surface area (TPSA) is 77.3 Å². The average Bonchev–Trinajstić information content (AvgIpc) is 2.47. The minimum absolute atomic E-state index is 0.0688. The summed E-state index contributed by atoms with van der Waals surface area (Å²) in [4.78, 5) is 10.0. The third kappa shape index (κ3) is 4.54. The van der Waals surface area contributed by atoms with Gasteiger partial charge in [0.2, 0.25) is 0 Å². The number of benzene rings is 2. The van der Waals surface area contributed by atoms with Crippen LogP contribution in [0.5, 0.6) is 0 Å². The van der Waals surface area contributed by atoms with Gasteiger partial charge in [-0.3, -0.25) is 10.1 Å². The maximum Gasteiger partial charge on any atom is 0.269 e. The first-order valence-corrected chi connectivity index (χ1v) is 8.76. The molecule has 2 aromatic carbocycles. The third-order valence-electron chi connectivity index (χ3n) is 3.10. The Balaban J connectivity index is 2.06. The molecule has 1 atom stereocenters. The van der Waals surface area contributed by atoms with Crippen molar-refractivity contribution in [1.82, 2.24) is 0 Å². The molecule has 0 aliphatic carbocycles. The van der Waals surface area contributed by atoms with Crippen LogP contribution in [0, 0.1) is 10.1 Å². The summed E-state index contributed by atoms with van der Waals surface area (Å²) in [5.74, 6) is -0.378. The van der Waals surface area contributed by atoms with Crippen LogP contribution < -0.4 is 0 Å². The van der Waals surface area contributed by atoms with E-state index in [1.54, 1.807) is 24.3 Å². The minimum Gasteiger partial charge on any atom is -0.258 e. The van der Waals surface area contributed by atoms with E-state index in [2.05, 4.69) is 0 Å². The molecule has 0 aliphatic rings. The largest absolute Gasteiger partial charge is 0.269 e. The number of nitro benzene ring substituents is 1. The van der Waals surface area contributed by atoms with Crippen molar-refractivity contribution in [3.8, 4) is 0 Å². The summed E-state index contributed by atoms with van der Waals surface area (Å²) >= 11 is 6.16. The molecule has 2 aromatic rings. The second-order valence-electron chi connectivity index (χ2n) is 4.86. The van der Waals surface area contributed by atoms with E-state index in [-0.39, 0.29) is 17.2 Å². The number of non-ortho nitro benzene ring substituents is 1. The molecule has 0 radical (unpaired) electrons. The summed E-state index contributed by atoms with van der Waals surface area (Å²) in [6, 6.07) is 14.5. The van der Waals surface area contributed by atoms with Crippen molar-refractivity contribution in [2.75, 3.05) is 5.75 Å². The molecule has 0 heterocycles. The van der Waals surface area contributed by atoms with Crippen LogP contribution in [0.25, 0.3) is 0 Å². The van der Waals surface area contributed by atoms with Crippen molar-refractivity contribution in [3.05, 3.63) is 75.8 Å². The van der Waals surface area contributed by atoms with E-state index in [1.807, 2.05) is 6.07 Å². The van der Waals surface area contributed by atoms with Crippen LogP contribution >= 0.6 is 11.6 Å². The van der Waals surface area contributed by atoms with E-state index in [1.165, 1.54) is 24.3 Å². The van der Waals surface area contributed by atoms with Crippen molar-refractivity contribution in [2.24, 2.45) is 0 Å². The van der Waals surface area contributed by atoms with Gasteiger partial charge in [-0.15, -0.1) is 11.6 Å². The van der Waals surface area contributed by atoms with Gasteiger partial charge in [-0.25, -0.2) is 8.42 Å². The maximum absolute atomic E-state index is 12.2.